The molecule has 0 fully saturated rings. The second-order valence-electron chi connectivity index (χ2n) is 4.80. The maximum atomic E-state index is 13.4. The lowest BCUT2D eigenvalue weighted by Crippen LogP contribution is -2.09. The number of rotatable bonds is 4. The van der Waals surface area contributed by atoms with E-state index in [4.69, 9.17) is 5.73 Å². The number of hydrogen-bond donors (Lipinski definition) is 1. The molecule has 1 heterocycles. The molecule has 0 aliphatic heterocycles. The highest BCUT2D eigenvalue weighted by Crippen LogP contribution is 2.26. The van der Waals surface area contributed by atoms with E-state index >= 15 is 0 Å². The van der Waals surface area contributed by atoms with Gasteiger partial charge >= 0.3 is 0 Å². The van der Waals surface area contributed by atoms with Gasteiger partial charge in [-0.3, -0.25) is 0 Å². The molecule has 3 rings (SSSR count). The van der Waals surface area contributed by atoms with E-state index < -0.39 is 0 Å². The lowest BCUT2D eigenvalue weighted by molar-refractivity contribution is 0.628. The average molecular weight is 281 g/mol. The first-order chi connectivity index (χ1) is 10.3. The zero-order valence-corrected chi connectivity index (χ0v) is 11.5. The predicted molar refractivity (Wildman–Crippen MR) is 81.7 cm³/mol. The molecule has 1 aromatic heterocycles. The Hall–Kier alpha value is -2.46. The zero-order valence-electron chi connectivity index (χ0n) is 11.5. The summed E-state index contributed by atoms with van der Waals surface area (Å²) in [4.78, 5) is 0. The van der Waals surface area contributed by atoms with Crippen molar-refractivity contribution in [3.8, 4) is 16.8 Å². The summed E-state index contributed by atoms with van der Waals surface area (Å²) in [7, 11) is 0. The van der Waals surface area contributed by atoms with Gasteiger partial charge in [0.25, 0.3) is 0 Å². The first kappa shape index (κ1) is 13.5. The smallest absolute Gasteiger partial charge is 0.123 e. The van der Waals surface area contributed by atoms with Crippen molar-refractivity contribution in [2.45, 2.75) is 6.42 Å². The number of aromatic nitrogens is 2. The van der Waals surface area contributed by atoms with Gasteiger partial charge in [-0.25, -0.2) is 9.07 Å². The molecule has 2 aromatic carbocycles. The van der Waals surface area contributed by atoms with Gasteiger partial charge in [-0.1, -0.05) is 30.3 Å². The van der Waals surface area contributed by atoms with Gasteiger partial charge < -0.3 is 5.73 Å². The molecule has 0 spiro atoms. The third-order valence-corrected chi connectivity index (χ3v) is 3.39. The molecule has 0 bridgehead atoms. The van der Waals surface area contributed by atoms with Gasteiger partial charge in [0.15, 0.2) is 0 Å². The molecule has 0 atom stereocenters. The van der Waals surface area contributed by atoms with Crippen LogP contribution in [0.1, 0.15) is 5.69 Å². The fraction of sp³-hybridized carbons (Fsp3) is 0.118. The van der Waals surface area contributed by atoms with Crippen LogP contribution >= 0.6 is 0 Å². The number of para-hydroxylation sites is 1. The lowest BCUT2D eigenvalue weighted by atomic mass is 10.0. The fourth-order valence-corrected chi connectivity index (χ4v) is 2.44. The van der Waals surface area contributed by atoms with Crippen molar-refractivity contribution in [2.75, 3.05) is 6.54 Å². The summed E-state index contributed by atoms with van der Waals surface area (Å²) in [5, 5.41) is 4.45. The van der Waals surface area contributed by atoms with Crippen LogP contribution in [-0.2, 0) is 6.42 Å². The second kappa shape index (κ2) is 5.89. The molecule has 0 aliphatic carbocycles. The molecule has 0 saturated carbocycles. The first-order valence-electron chi connectivity index (χ1n) is 6.88. The number of nitrogens with zero attached hydrogens (tertiary/aromatic N) is 2. The molecule has 0 unspecified atom stereocenters. The molecule has 0 aliphatic rings. The minimum Gasteiger partial charge on any atom is -0.330 e. The van der Waals surface area contributed by atoms with Crippen molar-refractivity contribution in [2.24, 2.45) is 5.73 Å². The molecule has 3 aromatic rings. The van der Waals surface area contributed by atoms with E-state index in [9.17, 15) is 4.39 Å². The Kier molecular flexibility index (Phi) is 3.79. The third-order valence-electron chi connectivity index (χ3n) is 3.39. The van der Waals surface area contributed by atoms with E-state index in [2.05, 4.69) is 5.10 Å². The van der Waals surface area contributed by atoms with E-state index in [0.717, 1.165) is 22.5 Å². The van der Waals surface area contributed by atoms with Crippen molar-refractivity contribution in [3.05, 3.63) is 72.3 Å². The van der Waals surface area contributed by atoms with Crippen molar-refractivity contribution in [1.82, 2.24) is 9.78 Å². The number of benzene rings is 2. The minimum atomic E-state index is -0.251. The van der Waals surface area contributed by atoms with Gasteiger partial charge in [-0.05, 0) is 36.4 Å². The van der Waals surface area contributed by atoms with Crippen molar-refractivity contribution >= 4 is 0 Å². The quantitative estimate of drug-likeness (QED) is 0.798. The van der Waals surface area contributed by atoms with Crippen LogP contribution in [0.25, 0.3) is 16.8 Å². The lowest BCUT2D eigenvalue weighted by Gasteiger charge is -2.09. The van der Waals surface area contributed by atoms with Crippen LogP contribution < -0.4 is 5.73 Å². The van der Waals surface area contributed by atoms with Crippen molar-refractivity contribution in [3.63, 3.8) is 0 Å². The topological polar surface area (TPSA) is 43.8 Å². The third kappa shape index (κ3) is 2.71. The van der Waals surface area contributed by atoms with Crippen molar-refractivity contribution < 1.29 is 4.39 Å². The van der Waals surface area contributed by atoms with E-state index in [1.165, 1.54) is 12.1 Å². The first-order valence-corrected chi connectivity index (χ1v) is 6.88. The maximum Gasteiger partial charge on any atom is 0.123 e. The molecule has 3 nitrogen and oxygen atoms in total. The molecule has 106 valence electrons. The predicted octanol–water partition coefficient (Wildman–Crippen LogP) is 3.18. The molecular formula is C17H16FN3. The van der Waals surface area contributed by atoms with Crippen LogP contribution in [0, 0.1) is 5.82 Å². The Morgan fingerprint density at radius 2 is 1.86 bits per heavy atom. The van der Waals surface area contributed by atoms with Gasteiger partial charge in [0.2, 0.25) is 0 Å². The van der Waals surface area contributed by atoms with Gasteiger partial charge in [-0.2, -0.15) is 5.10 Å². The highest BCUT2D eigenvalue weighted by Gasteiger charge is 2.13. The van der Waals surface area contributed by atoms with Crippen LogP contribution in [-0.4, -0.2) is 16.3 Å². The Labute approximate surface area is 122 Å². The summed E-state index contributed by atoms with van der Waals surface area (Å²) in [5.74, 6) is -0.251. The summed E-state index contributed by atoms with van der Waals surface area (Å²) in [6, 6.07) is 16.4. The Balaban J connectivity index is 2.12. The maximum absolute atomic E-state index is 13.4. The second-order valence-corrected chi connectivity index (χ2v) is 4.80. The summed E-state index contributed by atoms with van der Waals surface area (Å²) in [5.41, 5.74) is 9.44. The largest absolute Gasteiger partial charge is 0.330 e. The van der Waals surface area contributed by atoms with Gasteiger partial charge in [0, 0.05) is 12.0 Å². The summed E-state index contributed by atoms with van der Waals surface area (Å²) < 4.78 is 15.3. The molecule has 4 heteroatoms. The summed E-state index contributed by atoms with van der Waals surface area (Å²) in [6.45, 7) is 0.515. The molecule has 0 amide bonds. The standard InChI is InChI=1S/C17H16FN3/c18-14-6-4-5-13(11-14)16-12-20-21(17(16)9-10-19)15-7-2-1-3-8-15/h1-8,11-12H,9-10,19H2. The van der Waals surface area contributed by atoms with Crippen LogP contribution in [0.15, 0.2) is 60.8 Å². The molecule has 0 saturated heterocycles. The summed E-state index contributed by atoms with van der Waals surface area (Å²) in [6.07, 6.45) is 2.45. The highest BCUT2D eigenvalue weighted by molar-refractivity contribution is 5.66. The van der Waals surface area contributed by atoms with Gasteiger partial charge in [0.1, 0.15) is 5.82 Å². The zero-order chi connectivity index (χ0) is 14.7. The monoisotopic (exact) mass is 281 g/mol. The van der Waals surface area contributed by atoms with E-state index in [0.29, 0.717) is 13.0 Å². The van der Waals surface area contributed by atoms with Crippen LogP contribution in [0.2, 0.25) is 0 Å². The number of nitrogens with two attached hydrogens (primary N) is 1. The van der Waals surface area contributed by atoms with Crippen molar-refractivity contribution in [1.29, 1.82) is 0 Å². The number of hydrogen-bond acceptors (Lipinski definition) is 2. The number of halogens is 1. The van der Waals surface area contributed by atoms with Gasteiger partial charge in [0.05, 0.1) is 17.6 Å². The Morgan fingerprint density at radius 3 is 2.57 bits per heavy atom. The molecule has 0 radical (unpaired) electrons. The molecular weight excluding hydrogens is 265 g/mol. The van der Waals surface area contributed by atoms with Gasteiger partial charge in [-0.15, -0.1) is 0 Å². The average Bonchev–Trinajstić information content (AvgIpc) is 2.92. The normalized spacial score (nSPS) is 10.8. The van der Waals surface area contributed by atoms with Crippen LogP contribution in [0.3, 0.4) is 0 Å². The minimum absolute atomic E-state index is 0.251. The SMILES string of the molecule is NCCc1c(-c2cccc(F)c2)cnn1-c1ccccc1. The molecule has 2 N–H and O–H groups in total. The Bertz CT molecular complexity index is 735. The molecule has 21 heavy (non-hydrogen) atoms. The van der Waals surface area contributed by atoms with Crippen LogP contribution in [0.5, 0.6) is 0 Å². The Morgan fingerprint density at radius 1 is 1.05 bits per heavy atom. The highest BCUT2D eigenvalue weighted by atomic mass is 19.1. The van der Waals surface area contributed by atoms with E-state index in [-0.39, 0.29) is 5.82 Å². The van der Waals surface area contributed by atoms with E-state index in [1.54, 1.807) is 12.3 Å². The van der Waals surface area contributed by atoms with E-state index in [1.807, 2.05) is 41.1 Å². The van der Waals surface area contributed by atoms with Crippen LogP contribution in [0.4, 0.5) is 4.39 Å². The summed E-state index contributed by atoms with van der Waals surface area (Å²) >= 11 is 0. The fourth-order valence-electron chi connectivity index (χ4n) is 2.44.